The molecule has 0 spiro atoms. The van der Waals surface area contributed by atoms with Crippen molar-refractivity contribution in [3.8, 4) is 0 Å². The summed E-state index contributed by atoms with van der Waals surface area (Å²) in [4.78, 5) is 25.7. The van der Waals surface area contributed by atoms with Crippen molar-refractivity contribution in [3.63, 3.8) is 0 Å². The number of hydrogen-bond acceptors (Lipinski definition) is 4. The Hall–Kier alpha value is -1.95. The first kappa shape index (κ1) is 14.5. The third-order valence-electron chi connectivity index (χ3n) is 3.76. The van der Waals surface area contributed by atoms with Crippen LogP contribution in [0.1, 0.15) is 23.7 Å². The van der Waals surface area contributed by atoms with Crippen LogP contribution in [0.2, 0.25) is 0 Å². The number of hydrogen-bond donors (Lipinski definition) is 1. The molecular formula is C14H20N3O3+. The van der Waals surface area contributed by atoms with Gasteiger partial charge in [-0.15, -0.1) is 0 Å². The number of anilines is 1. The lowest BCUT2D eigenvalue weighted by molar-refractivity contribution is -0.876. The zero-order valence-corrected chi connectivity index (χ0v) is 11.9. The Kier molecular flexibility index (Phi) is 4.34. The van der Waals surface area contributed by atoms with Crippen LogP contribution in [0.15, 0.2) is 18.2 Å². The number of benzene rings is 1. The van der Waals surface area contributed by atoms with Crippen molar-refractivity contribution in [1.29, 1.82) is 0 Å². The van der Waals surface area contributed by atoms with E-state index in [9.17, 15) is 14.9 Å². The van der Waals surface area contributed by atoms with Gasteiger partial charge in [0.1, 0.15) is 5.69 Å². The van der Waals surface area contributed by atoms with Crippen LogP contribution in [0.3, 0.4) is 0 Å². The van der Waals surface area contributed by atoms with Crippen molar-refractivity contribution in [2.24, 2.45) is 0 Å². The molecule has 0 bridgehead atoms. The maximum Gasteiger partial charge on any atom is 0.293 e. The highest BCUT2D eigenvalue weighted by Gasteiger charge is 2.23. The molecule has 1 atom stereocenters. The summed E-state index contributed by atoms with van der Waals surface area (Å²) in [5.74, 6) is -0.153. The summed E-state index contributed by atoms with van der Waals surface area (Å²) in [6, 6.07) is 4.76. The van der Waals surface area contributed by atoms with Crippen LogP contribution in [0.5, 0.6) is 0 Å². The van der Waals surface area contributed by atoms with E-state index in [0.717, 1.165) is 32.6 Å². The maximum absolute atomic E-state index is 11.4. The predicted octanol–water partition coefficient (Wildman–Crippen LogP) is 0.522. The summed E-state index contributed by atoms with van der Waals surface area (Å²) >= 11 is 0. The van der Waals surface area contributed by atoms with Gasteiger partial charge in [0.15, 0.2) is 5.78 Å². The summed E-state index contributed by atoms with van der Waals surface area (Å²) in [6.45, 7) is 5.08. The van der Waals surface area contributed by atoms with E-state index in [2.05, 4.69) is 11.9 Å². The number of nitrogens with one attached hydrogen (secondary N) is 1. The minimum absolute atomic E-state index is 0.0252. The molecule has 0 saturated carbocycles. The van der Waals surface area contributed by atoms with Crippen LogP contribution in [-0.4, -0.2) is 43.9 Å². The Labute approximate surface area is 118 Å². The minimum Gasteiger partial charge on any atom is -0.360 e. The monoisotopic (exact) mass is 278 g/mol. The minimum atomic E-state index is -0.400. The number of ketones is 1. The van der Waals surface area contributed by atoms with Gasteiger partial charge in [-0.2, -0.15) is 0 Å². The zero-order chi connectivity index (χ0) is 14.7. The van der Waals surface area contributed by atoms with Crippen LogP contribution in [0, 0.1) is 10.1 Å². The lowest BCUT2D eigenvalue weighted by Crippen LogP contribution is -3.09. The molecule has 1 aliphatic heterocycles. The van der Waals surface area contributed by atoms with Crippen molar-refractivity contribution >= 4 is 17.2 Å². The van der Waals surface area contributed by atoms with E-state index in [1.807, 2.05) is 0 Å². The third-order valence-corrected chi connectivity index (χ3v) is 3.76. The fourth-order valence-corrected chi connectivity index (χ4v) is 2.53. The second-order valence-corrected chi connectivity index (χ2v) is 5.31. The number of nitrogens with zero attached hydrogens (tertiary/aromatic N) is 2. The van der Waals surface area contributed by atoms with E-state index < -0.39 is 4.92 Å². The molecule has 1 aliphatic rings. The molecule has 1 saturated heterocycles. The Morgan fingerprint density at radius 3 is 2.75 bits per heavy atom. The topological polar surface area (TPSA) is 67.9 Å². The number of Topliss-reactive ketones (excluding diaryl/α,β-unsaturated/α-hetero) is 1. The first-order chi connectivity index (χ1) is 9.49. The van der Waals surface area contributed by atoms with Crippen LogP contribution in [-0.2, 0) is 0 Å². The molecule has 1 fully saturated rings. The average molecular weight is 278 g/mol. The maximum atomic E-state index is 11.4. The first-order valence-corrected chi connectivity index (χ1v) is 6.84. The molecule has 0 aliphatic carbocycles. The molecule has 2 rings (SSSR count). The largest absolute Gasteiger partial charge is 0.360 e. The van der Waals surface area contributed by atoms with E-state index in [1.165, 1.54) is 17.9 Å². The Morgan fingerprint density at radius 2 is 2.10 bits per heavy atom. The lowest BCUT2D eigenvalue weighted by Gasteiger charge is -2.21. The van der Waals surface area contributed by atoms with E-state index in [4.69, 9.17) is 0 Å². The summed E-state index contributed by atoms with van der Waals surface area (Å²) in [5, 5.41) is 11.3. The number of nitro groups is 1. The number of rotatable bonds is 3. The molecule has 1 N–H and O–H groups in total. The Morgan fingerprint density at radius 1 is 1.35 bits per heavy atom. The predicted molar refractivity (Wildman–Crippen MR) is 76.6 cm³/mol. The zero-order valence-electron chi connectivity index (χ0n) is 11.9. The molecule has 0 amide bonds. The molecule has 1 unspecified atom stereocenters. The highest BCUT2D eigenvalue weighted by molar-refractivity contribution is 5.95. The van der Waals surface area contributed by atoms with Crippen molar-refractivity contribution in [1.82, 2.24) is 0 Å². The first-order valence-electron chi connectivity index (χ1n) is 6.84. The SMILES string of the molecule is CC(=O)c1ccc(N2CCC[NH+](C)CC2)c([N+](=O)[O-])c1. The molecule has 1 aromatic carbocycles. The fraction of sp³-hybridized carbons (Fsp3) is 0.500. The lowest BCUT2D eigenvalue weighted by atomic mass is 10.1. The highest BCUT2D eigenvalue weighted by atomic mass is 16.6. The van der Waals surface area contributed by atoms with E-state index in [1.54, 1.807) is 12.1 Å². The Balaban J connectivity index is 2.35. The van der Waals surface area contributed by atoms with Gasteiger partial charge < -0.3 is 9.80 Å². The summed E-state index contributed by atoms with van der Waals surface area (Å²) < 4.78 is 0. The van der Waals surface area contributed by atoms with Crippen LogP contribution >= 0.6 is 0 Å². The molecule has 108 valence electrons. The smallest absolute Gasteiger partial charge is 0.293 e. The number of likely N-dealkylation sites (N-methyl/N-ethyl adjacent to an activating group) is 1. The molecule has 6 heteroatoms. The summed E-state index contributed by atoms with van der Waals surface area (Å²) in [6.07, 6.45) is 1.01. The van der Waals surface area contributed by atoms with Crippen LogP contribution in [0.25, 0.3) is 0 Å². The second-order valence-electron chi connectivity index (χ2n) is 5.31. The fourth-order valence-electron chi connectivity index (χ4n) is 2.53. The van der Waals surface area contributed by atoms with Gasteiger partial charge in [-0.3, -0.25) is 14.9 Å². The molecular weight excluding hydrogens is 258 g/mol. The second kappa shape index (κ2) is 6.00. The van der Waals surface area contributed by atoms with Gasteiger partial charge in [0.05, 0.1) is 31.6 Å². The molecule has 6 nitrogen and oxygen atoms in total. The normalized spacial score (nSPS) is 19.5. The van der Waals surface area contributed by atoms with Crippen molar-refractivity contribution < 1.29 is 14.6 Å². The van der Waals surface area contributed by atoms with Crippen molar-refractivity contribution in [2.75, 3.05) is 38.1 Å². The molecule has 1 heterocycles. The van der Waals surface area contributed by atoms with Gasteiger partial charge in [0.2, 0.25) is 0 Å². The average Bonchev–Trinajstić information content (AvgIpc) is 2.62. The number of quaternary nitrogens is 1. The van der Waals surface area contributed by atoms with Gasteiger partial charge >= 0.3 is 0 Å². The van der Waals surface area contributed by atoms with Crippen molar-refractivity contribution in [3.05, 3.63) is 33.9 Å². The molecule has 0 aromatic heterocycles. The number of carbonyl (C=O) groups excluding carboxylic acids is 1. The third kappa shape index (κ3) is 3.14. The Bertz CT molecular complexity index is 530. The van der Waals surface area contributed by atoms with E-state index >= 15 is 0 Å². The van der Waals surface area contributed by atoms with Crippen LogP contribution in [0.4, 0.5) is 11.4 Å². The summed E-state index contributed by atoms with van der Waals surface area (Å²) in [5.41, 5.74) is 1.03. The summed E-state index contributed by atoms with van der Waals surface area (Å²) in [7, 11) is 2.14. The van der Waals surface area contributed by atoms with E-state index in [0.29, 0.717) is 11.3 Å². The van der Waals surface area contributed by atoms with Gasteiger partial charge in [-0.25, -0.2) is 0 Å². The van der Waals surface area contributed by atoms with Gasteiger partial charge in [-0.1, -0.05) is 0 Å². The molecule has 1 aromatic rings. The highest BCUT2D eigenvalue weighted by Crippen LogP contribution is 2.29. The standard InChI is InChI=1S/C14H19N3O3/c1-11(18)12-4-5-13(14(10-12)17(19)20)16-7-3-6-15(2)8-9-16/h4-5,10H,3,6-9H2,1-2H3/p+1. The quantitative estimate of drug-likeness (QED) is 0.497. The molecule has 20 heavy (non-hydrogen) atoms. The van der Waals surface area contributed by atoms with Gasteiger partial charge in [0, 0.05) is 24.6 Å². The molecule has 0 radical (unpaired) electrons. The van der Waals surface area contributed by atoms with Crippen LogP contribution < -0.4 is 9.80 Å². The van der Waals surface area contributed by atoms with Gasteiger partial charge in [-0.05, 0) is 19.1 Å². The number of nitro benzene ring substituents is 1. The van der Waals surface area contributed by atoms with Crippen molar-refractivity contribution in [2.45, 2.75) is 13.3 Å². The van der Waals surface area contributed by atoms with Gasteiger partial charge in [0.25, 0.3) is 5.69 Å². The number of carbonyl (C=O) groups is 1. The van der Waals surface area contributed by atoms with E-state index in [-0.39, 0.29) is 11.5 Å².